The van der Waals surface area contributed by atoms with Gasteiger partial charge in [0, 0.05) is 15.3 Å². The van der Waals surface area contributed by atoms with E-state index >= 15 is 0 Å². The van der Waals surface area contributed by atoms with Crippen molar-refractivity contribution in [3.05, 3.63) is 63.2 Å². The second-order valence-corrected chi connectivity index (χ2v) is 4.68. The SMILES string of the molecule is NNC(c1ccncc1F)c1ccccc1I. The Labute approximate surface area is 112 Å². The lowest BCUT2D eigenvalue weighted by Crippen LogP contribution is -2.30. The van der Waals surface area contributed by atoms with Crippen LogP contribution in [0.1, 0.15) is 17.2 Å². The van der Waals surface area contributed by atoms with Crippen LogP contribution in [-0.4, -0.2) is 4.98 Å². The number of hydrazine groups is 1. The molecule has 2 rings (SSSR count). The van der Waals surface area contributed by atoms with E-state index in [2.05, 4.69) is 33.0 Å². The molecule has 1 heterocycles. The van der Waals surface area contributed by atoms with E-state index in [9.17, 15) is 4.39 Å². The van der Waals surface area contributed by atoms with Crippen LogP contribution in [0.5, 0.6) is 0 Å². The van der Waals surface area contributed by atoms with Crippen molar-refractivity contribution < 1.29 is 4.39 Å². The molecule has 5 heteroatoms. The molecule has 0 amide bonds. The Morgan fingerprint density at radius 3 is 2.65 bits per heavy atom. The maximum atomic E-state index is 13.7. The van der Waals surface area contributed by atoms with Gasteiger partial charge in [0.25, 0.3) is 0 Å². The zero-order valence-electron chi connectivity index (χ0n) is 8.90. The minimum atomic E-state index is -0.369. The molecule has 0 aliphatic carbocycles. The Bertz CT molecular complexity index is 473. The van der Waals surface area contributed by atoms with E-state index in [4.69, 9.17) is 5.84 Å². The highest BCUT2D eigenvalue weighted by atomic mass is 127. The van der Waals surface area contributed by atoms with E-state index in [1.807, 2.05) is 24.3 Å². The van der Waals surface area contributed by atoms with Gasteiger partial charge in [-0.05, 0) is 40.3 Å². The van der Waals surface area contributed by atoms with Gasteiger partial charge in [-0.2, -0.15) is 0 Å². The van der Waals surface area contributed by atoms with E-state index < -0.39 is 0 Å². The van der Waals surface area contributed by atoms with Gasteiger partial charge in [-0.15, -0.1) is 0 Å². The fourth-order valence-corrected chi connectivity index (χ4v) is 2.38. The summed E-state index contributed by atoms with van der Waals surface area (Å²) in [4.78, 5) is 3.73. The Balaban J connectivity index is 2.48. The fraction of sp³-hybridized carbons (Fsp3) is 0.0833. The standard InChI is InChI=1S/C12H11FIN3/c13-10-7-16-6-5-8(10)12(17-15)9-3-1-2-4-11(9)14/h1-7,12,17H,15H2. The first-order chi connectivity index (χ1) is 8.24. The minimum Gasteiger partial charge on any atom is -0.271 e. The molecule has 0 saturated heterocycles. The van der Waals surface area contributed by atoms with Gasteiger partial charge in [0.1, 0.15) is 5.82 Å². The summed E-state index contributed by atoms with van der Waals surface area (Å²) < 4.78 is 14.7. The first-order valence-electron chi connectivity index (χ1n) is 5.04. The number of nitrogens with zero attached hydrogens (tertiary/aromatic N) is 1. The van der Waals surface area contributed by atoms with Gasteiger partial charge in [-0.1, -0.05) is 18.2 Å². The molecule has 1 aromatic heterocycles. The molecule has 2 aromatic rings. The second-order valence-electron chi connectivity index (χ2n) is 3.52. The normalized spacial score (nSPS) is 12.4. The first kappa shape index (κ1) is 12.4. The molecule has 0 spiro atoms. The van der Waals surface area contributed by atoms with Crippen LogP contribution in [0.4, 0.5) is 4.39 Å². The number of halogens is 2. The third kappa shape index (κ3) is 2.62. The Kier molecular flexibility index (Phi) is 4.03. The number of pyridine rings is 1. The van der Waals surface area contributed by atoms with Gasteiger partial charge in [0.2, 0.25) is 0 Å². The number of nitrogens with one attached hydrogen (secondary N) is 1. The zero-order chi connectivity index (χ0) is 12.3. The van der Waals surface area contributed by atoms with E-state index in [1.54, 1.807) is 12.3 Å². The number of aromatic nitrogens is 1. The first-order valence-corrected chi connectivity index (χ1v) is 6.12. The van der Waals surface area contributed by atoms with Gasteiger partial charge in [0.05, 0.1) is 12.2 Å². The van der Waals surface area contributed by atoms with Crippen LogP contribution in [0.3, 0.4) is 0 Å². The number of hydrogen-bond acceptors (Lipinski definition) is 3. The van der Waals surface area contributed by atoms with Crippen molar-refractivity contribution in [2.24, 2.45) is 5.84 Å². The number of rotatable bonds is 3. The van der Waals surface area contributed by atoms with Crippen molar-refractivity contribution in [3.8, 4) is 0 Å². The summed E-state index contributed by atoms with van der Waals surface area (Å²) in [5.41, 5.74) is 4.08. The predicted molar refractivity (Wildman–Crippen MR) is 72.5 cm³/mol. The Morgan fingerprint density at radius 1 is 1.24 bits per heavy atom. The lowest BCUT2D eigenvalue weighted by Gasteiger charge is -2.18. The largest absolute Gasteiger partial charge is 0.271 e. The molecular formula is C12H11FIN3. The monoisotopic (exact) mass is 343 g/mol. The number of hydrogen-bond donors (Lipinski definition) is 2. The Hall–Kier alpha value is -1.05. The molecule has 0 aliphatic rings. The van der Waals surface area contributed by atoms with E-state index in [0.29, 0.717) is 5.56 Å². The van der Waals surface area contributed by atoms with Crippen LogP contribution in [0.15, 0.2) is 42.7 Å². The molecule has 1 atom stereocenters. The van der Waals surface area contributed by atoms with Gasteiger partial charge < -0.3 is 0 Å². The number of nitrogens with two attached hydrogens (primary N) is 1. The van der Waals surface area contributed by atoms with E-state index in [-0.39, 0.29) is 11.9 Å². The van der Waals surface area contributed by atoms with Crippen LogP contribution < -0.4 is 11.3 Å². The van der Waals surface area contributed by atoms with Gasteiger partial charge >= 0.3 is 0 Å². The van der Waals surface area contributed by atoms with Crippen LogP contribution in [-0.2, 0) is 0 Å². The zero-order valence-corrected chi connectivity index (χ0v) is 11.1. The summed E-state index contributed by atoms with van der Waals surface area (Å²) in [7, 11) is 0. The average molecular weight is 343 g/mol. The highest BCUT2D eigenvalue weighted by Gasteiger charge is 2.18. The van der Waals surface area contributed by atoms with Crippen molar-refractivity contribution in [2.75, 3.05) is 0 Å². The van der Waals surface area contributed by atoms with E-state index in [0.717, 1.165) is 9.13 Å². The van der Waals surface area contributed by atoms with Gasteiger partial charge in [-0.25, -0.2) is 9.82 Å². The highest BCUT2D eigenvalue weighted by molar-refractivity contribution is 14.1. The summed E-state index contributed by atoms with van der Waals surface area (Å²) >= 11 is 2.20. The quantitative estimate of drug-likeness (QED) is 0.511. The predicted octanol–water partition coefficient (Wildman–Crippen LogP) is 2.38. The van der Waals surface area contributed by atoms with Gasteiger partial charge in [0.15, 0.2) is 0 Å². The Morgan fingerprint density at radius 2 is 2.00 bits per heavy atom. The molecule has 0 bridgehead atoms. The van der Waals surface area contributed by atoms with Crippen molar-refractivity contribution in [2.45, 2.75) is 6.04 Å². The second kappa shape index (κ2) is 5.52. The van der Waals surface area contributed by atoms with Crippen LogP contribution in [0, 0.1) is 9.39 Å². The maximum absolute atomic E-state index is 13.7. The van der Waals surface area contributed by atoms with E-state index in [1.165, 1.54) is 6.20 Å². The lowest BCUT2D eigenvalue weighted by atomic mass is 10.00. The molecule has 1 unspecified atom stereocenters. The van der Waals surface area contributed by atoms with Gasteiger partial charge in [-0.3, -0.25) is 10.8 Å². The summed E-state index contributed by atoms with van der Waals surface area (Å²) in [5, 5.41) is 0. The summed E-state index contributed by atoms with van der Waals surface area (Å²) in [6.45, 7) is 0. The summed E-state index contributed by atoms with van der Waals surface area (Å²) in [6, 6.07) is 8.98. The van der Waals surface area contributed by atoms with Crippen LogP contribution in [0.2, 0.25) is 0 Å². The molecule has 0 saturated carbocycles. The van der Waals surface area contributed by atoms with Crippen LogP contribution in [0.25, 0.3) is 0 Å². The molecule has 17 heavy (non-hydrogen) atoms. The molecule has 0 aliphatic heterocycles. The molecule has 0 radical (unpaired) electrons. The average Bonchev–Trinajstić information content (AvgIpc) is 2.34. The van der Waals surface area contributed by atoms with Crippen molar-refractivity contribution in [1.82, 2.24) is 10.4 Å². The summed E-state index contributed by atoms with van der Waals surface area (Å²) in [6.07, 6.45) is 2.74. The lowest BCUT2D eigenvalue weighted by molar-refractivity contribution is 0.554. The highest BCUT2D eigenvalue weighted by Crippen LogP contribution is 2.26. The third-order valence-corrected chi connectivity index (χ3v) is 3.48. The fourth-order valence-electron chi connectivity index (χ4n) is 1.68. The molecule has 3 N–H and O–H groups in total. The van der Waals surface area contributed by atoms with Crippen molar-refractivity contribution in [3.63, 3.8) is 0 Å². The van der Waals surface area contributed by atoms with Crippen molar-refractivity contribution >= 4 is 22.6 Å². The molecule has 88 valence electrons. The molecule has 0 fully saturated rings. The molecular weight excluding hydrogens is 332 g/mol. The minimum absolute atomic E-state index is 0.366. The van der Waals surface area contributed by atoms with Crippen LogP contribution >= 0.6 is 22.6 Å². The smallest absolute Gasteiger partial charge is 0.146 e. The maximum Gasteiger partial charge on any atom is 0.146 e. The topological polar surface area (TPSA) is 50.9 Å². The molecule has 1 aromatic carbocycles. The third-order valence-electron chi connectivity index (χ3n) is 2.50. The number of benzene rings is 1. The van der Waals surface area contributed by atoms with Crippen molar-refractivity contribution in [1.29, 1.82) is 0 Å². The molecule has 3 nitrogen and oxygen atoms in total. The summed E-state index contributed by atoms with van der Waals surface area (Å²) in [5.74, 6) is 5.17.